The number of nitrogens with zero attached hydrogens (tertiary/aromatic N) is 1. The molecular formula is C6H13INO+. The average molecular weight is 242 g/mol. The van der Waals surface area contributed by atoms with Gasteiger partial charge in [-0.05, 0) is 0 Å². The van der Waals surface area contributed by atoms with Gasteiger partial charge in [0, 0.05) is 0 Å². The fraction of sp³-hybridized carbons (Fsp3) is 1.00. The van der Waals surface area contributed by atoms with E-state index < -0.39 is 0 Å². The lowest BCUT2D eigenvalue weighted by molar-refractivity contribution is -0.955. The second-order valence-electron chi connectivity index (χ2n) is 3.22. The maximum atomic E-state index is 5.04. The first-order chi connectivity index (χ1) is 4.17. The van der Waals surface area contributed by atoms with Crippen LogP contribution in [0.25, 0.3) is 0 Å². The second-order valence-corrected chi connectivity index (χ2v) is 3.84. The summed E-state index contributed by atoms with van der Waals surface area (Å²) in [6, 6.07) is 0.752. The number of likely N-dealkylation sites (N-methyl/N-ethyl adjacent to an activating group) is 1. The van der Waals surface area contributed by atoms with Gasteiger partial charge in [-0.3, -0.25) is 0 Å². The summed E-state index contributed by atoms with van der Waals surface area (Å²) in [6.45, 7) is 2.22. The highest BCUT2D eigenvalue weighted by molar-refractivity contribution is 14.1. The Kier molecular flexibility index (Phi) is 2.34. The van der Waals surface area contributed by atoms with Gasteiger partial charge in [-0.25, -0.2) is 0 Å². The molecule has 54 valence electrons. The van der Waals surface area contributed by atoms with Crippen LogP contribution >= 0.6 is 23.0 Å². The van der Waals surface area contributed by atoms with Gasteiger partial charge in [0.2, 0.25) is 0 Å². The first kappa shape index (κ1) is 7.75. The highest BCUT2D eigenvalue weighted by atomic mass is 127. The summed E-state index contributed by atoms with van der Waals surface area (Å²) in [5, 5.41) is 0. The molecule has 1 saturated heterocycles. The molecule has 1 atom stereocenters. The average Bonchev–Trinajstić information content (AvgIpc) is 1.81. The zero-order valence-electron chi connectivity index (χ0n) is 5.93. The van der Waals surface area contributed by atoms with Crippen molar-refractivity contribution in [1.82, 2.24) is 0 Å². The van der Waals surface area contributed by atoms with E-state index in [1.807, 2.05) is 23.0 Å². The van der Waals surface area contributed by atoms with Gasteiger partial charge in [-0.15, -0.1) is 0 Å². The fourth-order valence-corrected chi connectivity index (χ4v) is 1.60. The summed E-state index contributed by atoms with van der Waals surface area (Å²) in [5.74, 6) is 0. The van der Waals surface area contributed by atoms with Gasteiger partial charge in [0.25, 0.3) is 0 Å². The van der Waals surface area contributed by atoms with Crippen LogP contribution < -0.4 is 0 Å². The predicted molar refractivity (Wildman–Crippen MR) is 45.4 cm³/mol. The summed E-state index contributed by atoms with van der Waals surface area (Å²) in [6.07, 6.45) is 1.33. The van der Waals surface area contributed by atoms with E-state index in [-0.39, 0.29) is 0 Å². The van der Waals surface area contributed by atoms with Gasteiger partial charge in [0.15, 0.2) is 0 Å². The second kappa shape index (κ2) is 2.72. The van der Waals surface area contributed by atoms with E-state index in [4.69, 9.17) is 3.07 Å². The maximum absolute atomic E-state index is 5.04. The monoisotopic (exact) mass is 242 g/mol. The Hall–Kier alpha value is 0.650. The van der Waals surface area contributed by atoms with Crippen LogP contribution in [0.2, 0.25) is 0 Å². The van der Waals surface area contributed by atoms with Crippen molar-refractivity contribution in [1.29, 1.82) is 0 Å². The molecule has 0 saturated carbocycles. The molecule has 0 aliphatic carbocycles. The molecule has 0 bridgehead atoms. The Morgan fingerprint density at radius 2 is 2.33 bits per heavy atom. The Morgan fingerprint density at radius 1 is 1.67 bits per heavy atom. The van der Waals surface area contributed by atoms with Gasteiger partial charge in [-0.1, -0.05) is 0 Å². The molecule has 0 radical (unpaired) electrons. The molecule has 0 amide bonds. The lowest BCUT2D eigenvalue weighted by atomic mass is 10.0. The molecular weight excluding hydrogens is 229 g/mol. The third-order valence-electron chi connectivity index (χ3n) is 2.28. The van der Waals surface area contributed by atoms with E-state index in [0.29, 0.717) is 0 Å². The van der Waals surface area contributed by atoms with Crippen LogP contribution in [-0.2, 0) is 3.07 Å². The number of halogens is 1. The summed E-state index contributed by atoms with van der Waals surface area (Å²) in [7, 11) is 4.51. The molecule has 1 aliphatic heterocycles. The summed E-state index contributed by atoms with van der Waals surface area (Å²) in [5.41, 5.74) is 0. The minimum atomic E-state index is 0.752. The molecule has 0 aromatic heterocycles. The maximum Gasteiger partial charge on any atom is 0.119 e. The molecule has 0 spiro atoms. The molecule has 1 fully saturated rings. The number of rotatable bonds is 2. The van der Waals surface area contributed by atoms with Crippen LogP contribution in [0.3, 0.4) is 0 Å². The smallest absolute Gasteiger partial charge is 0.119 e. The molecule has 1 rings (SSSR count). The van der Waals surface area contributed by atoms with Crippen molar-refractivity contribution in [2.24, 2.45) is 0 Å². The lowest BCUT2D eigenvalue weighted by Gasteiger charge is -2.46. The summed E-state index contributed by atoms with van der Waals surface area (Å²) < 4.78 is 6.18. The van der Waals surface area contributed by atoms with Crippen LogP contribution in [0, 0.1) is 0 Å². The molecule has 2 nitrogen and oxygen atoms in total. The third-order valence-corrected chi connectivity index (χ3v) is 2.64. The van der Waals surface area contributed by atoms with Crippen molar-refractivity contribution in [3.63, 3.8) is 0 Å². The van der Waals surface area contributed by atoms with E-state index in [1.54, 1.807) is 0 Å². The lowest BCUT2D eigenvalue weighted by Crippen LogP contribution is -2.61. The summed E-state index contributed by atoms with van der Waals surface area (Å²) in [4.78, 5) is 0. The van der Waals surface area contributed by atoms with Gasteiger partial charge >= 0.3 is 0 Å². The van der Waals surface area contributed by atoms with Crippen LogP contribution in [0.15, 0.2) is 0 Å². The van der Waals surface area contributed by atoms with E-state index in [2.05, 4.69) is 14.1 Å². The quantitative estimate of drug-likeness (QED) is 0.522. The molecule has 9 heavy (non-hydrogen) atoms. The first-order valence-corrected chi connectivity index (χ1v) is 4.11. The van der Waals surface area contributed by atoms with Crippen molar-refractivity contribution in [2.45, 2.75) is 12.5 Å². The number of hydrogen-bond acceptors (Lipinski definition) is 1. The van der Waals surface area contributed by atoms with E-state index in [0.717, 1.165) is 17.1 Å². The minimum Gasteiger partial charge on any atom is -0.324 e. The van der Waals surface area contributed by atoms with Crippen molar-refractivity contribution in [3.8, 4) is 0 Å². The molecule has 3 heteroatoms. The number of likely N-dealkylation sites (tertiary alicyclic amines) is 1. The van der Waals surface area contributed by atoms with Crippen LogP contribution in [0.5, 0.6) is 0 Å². The standard InChI is InChI=1S/C6H13INO/c1-8(2)4-3-6(8)5-9-7/h6H,3-5H2,1-2H3/q+1. The highest BCUT2D eigenvalue weighted by Gasteiger charge is 2.38. The predicted octanol–water partition coefficient (Wildman–Crippen LogP) is 1.20. The largest absolute Gasteiger partial charge is 0.324 e. The van der Waals surface area contributed by atoms with Crippen LogP contribution in [0.1, 0.15) is 6.42 Å². The zero-order chi connectivity index (χ0) is 6.91. The Balaban J connectivity index is 2.28. The van der Waals surface area contributed by atoms with Gasteiger partial charge < -0.3 is 7.55 Å². The van der Waals surface area contributed by atoms with Crippen molar-refractivity contribution >= 4 is 23.0 Å². The summed E-state index contributed by atoms with van der Waals surface area (Å²) >= 11 is 1.97. The Labute approximate surface area is 70.5 Å². The molecule has 0 aromatic rings. The van der Waals surface area contributed by atoms with E-state index in [9.17, 15) is 0 Å². The molecule has 1 unspecified atom stereocenters. The Bertz CT molecular complexity index is 105. The molecule has 0 N–H and O–H groups in total. The molecule has 1 aliphatic rings. The Morgan fingerprint density at radius 3 is 2.44 bits per heavy atom. The van der Waals surface area contributed by atoms with Crippen molar-refractivity contribution in [2.75, 3.05) is 27.2 Å². The number of quaternary nitrogens is 1. The van der Waals surface area contributed by atoms with Crippen LogP contribution in [-0.4, -0.2) is 37.8 Å². The van der Waals surface area contributed by atoms with Crippen LogP contribution in [0.4, 0.5) is 0 Å². The number of hydrogen-bond donors (Lipinski definition) is 0. The topological polar surface area (TPSA) is 9.23 Å². The zero-order valence-corrected chi connectivity index (χ0v) is 8.09. The fourth-order valence-electron chi connectivity index (χ4n) is 1.19. The first-order valence-electron chi connectivity index (χ1n) is 3.23. The highest BCUT2D eigenvalue weighted by Crippen LogP contribution is 2.23. The molecule has 0 aromatic carbocycles. The van der Waals surface area contributed by atoms with Crippen molar-refractivity contribution in [3.05, 3.63) is 0 Å². The third kappa shape index (κ3) is 1.56. The normalized spacial score (nSPS) is 31.7. The minimum absolute atomic E-state index is 0.752. The molecule has 1 heterocycles. The van der Waals surface area contributed by atoms with E-state index in [1.165, 1.54) is 13.0 Å². The van der Waals surface area contributed by atoms with Gasteiger partial charge in [0.1, 0.15) is 35.7 Å². The van der Waals surface area contributed by atoms with Gasteiger partial charge in [0.05, 0.1) is 27.1 Å². The van der Waals surface area contributed by atoms with E-state index >= 15 is 0 Å². The van der Waals surface area contributed by atoms with Gasteiger partial charge in [-0.2, -0.15) is 0 Å². The SMILES string of the molecule is C[N+]1(C)CCC1COI. The van der Waals surface area contributed by atoms with Crippen molar-refractivity contribution < 1.29 is 7.55 Å².